The predicted octanol–water partition coefficient (Wildman–Crippen LogP) is 1.65. The normalized spacial score (nSPS) is 9.36. The van der Waals surface area contributed by atoms with E-state index >= 15 is 0 Å². The number of benzene rings is 1. The van der Waals surface area contributed by atoms with Crippen molar-refractivity contribution in [3.63, 3.8) is 0 Å². The fourth-order valence-electron chi connectivity index (χ4n) is 1.01. The zero-order chi connectivity index (χ0) is 10.6. The molecule has 4 heteroatoms. The Labute approximate surface area is 82.4 Å². The molecule has 0 spiro atoms. The number of ether oxygens (including phenoxy) is 3. The van der Waals surface area contributed by atoms with Gasteiger partial charge in [-0.2, -0.15) is 0 Å². The highest BCUT2D eigenvalue weighted by Crippen LogP contribution is 2.22. The summed E-state index contributed by atoms with van der Waals surface area (Å²) in [4.78, 5) is 11.2. The zero-order valence-corrected chi connectivity index (χ0v) is 8.07. The number of rotatable bonds is 3. The predicted molar refractivity (Wildman–Crippen MR) is 50.3 cm³/mol. The molecule has 0 aromatic heterocycles. The SMILES string of the molecule is [CH2]OC(=O)c1cc(OC)cc(OC)c1. The molecule has 1 aromatic rings. The molecule has 1 rings (SSSR count). The Hall–Kier alpha value is -1.71. The largest absolute Gasteiger partial charge is 0.497 e. The lowest BCUT2D eigenvalue weighted by atomic mass is 10.2. The molecule has 14 heavy (non-hydrogen) atoms. The molecule has 0 aliphatic rings. The number of carbonyl (C=O) groups is 1. The van der Waals surface area contributed by atoms with Crippen LogP contribution in [0.3, 0.4) is 0 Å². The minimum absolute atomic E-state index is 0.344. The second-order valence-electron chi connectivity index (χ2n) is 2.53. The topological polar surface area (TPSA) is 44.8 Å². The number of methoxy groups -OCH3 is 2. The van der Waals surface area contributed by atoms with Gasteiger partial charge in [0.2, 0.25) is 0 Å². The standard InChI is InChI=1S/C10H11O4/c1-12-8-4-7(10(11)14-3)5-9(6-8)13-2/h4-6H,3H2,1-2H3. The average Bonchev–Trinajstić information content (AvgIpc) is 2.27. The Balaban J connectivity index is 3.10. The molecule has 0 saturated carbocycles. The lowest BCUT2D eigenvalue weighted by molar-refractivity contribution is 0.0653. The van der Waals surface area contributed by atoms with Gasteiger partial charge >= 0.3 is 5.97 Å². The minimum atomic E-state index is -0.526. The molecule has 0 aliphatic carbocycles. The van der Waals surface area contributed by atoms with Gasteiger partial charge in [-0.1, -0.05) is 0 Å². The molecule has 1 aromatic carbocycles. The van der Waals surface area contributed by atoms with E-state index in [1.54, 1.807) is 18.2 Å². The molecule has 0 saturated heterocycles. The van der Waals surface area contributed by atoms with Crippen molar-refractivity contribution in [2.45, 2.75) is 0 Å². The maximum absolute atomic E-state index is 11.2. The molecule has 75 valence electrons. The van der Waals surface area contributed by atoms with Crippen LogP contribution in [0.15, 0.2) is 18.2 Å². The number of hydrogen-bond donors (Lipinski definition) is 0. The molecule has 0 amide bonds. The Morgan fingerprint density at radius 2 is 1.64 bits per heavy atom. The van der Waals surface area contributed by atoms with Crippen LogP contribution >= 0.6 is 0 Å². The van der Waals surface area contributed by atoms with Crippen molar-refractivity contribution in [3.05, 3.63) is 30.9 Å². The molecule has 0 fully saturated rings. The second kappa shape index (κ2) is 4.50. The highest BCUT2D eigenvalue weighted by molar-refractivity contribution is 5.90. The van der Waals surface area contributed by atoms with Crippen LogP contribution in [0.5, 0.6) is 11.5 Å². The van der Waals surface area contributed by atoms with Gasteiger partial charge in [0.15, 0.2) is 0 Å². The van der Waals surface area contributed by atoms with Crippen molar-refractivity contribution in [1.29, 1.82) is 0 Å². The van der Waals surface area contributed by atoms with Gasteiger partial charge in [0.25, 0.3) is 0 Å². The van der Waals surface area contributed by atoms with Crippen LogP contribution in [0.25, 0.3) is 0 Å². The fraction of sp³-hybridized carbons (Fsp3) is 0.200. The van der Waals surface area contributed by atoms with Crippen molar-refractivity contribution in [2.24, 2.45) is 0 Å². The third-order valence-electron chi connectivity index (χ3n) is 1.72. The van der Waals surface area contributed by atoms with Crippen LogP contribution in [-0.2, 0) is 4.74 Å². The van der Waals surface area contributed by atoms with E-state index in [4.69, 9.17) is 9.47 Å². The number of carbonyl (C=O) groups excluding carboxylic acids is 1. The van der Waals surface area contributed by atoms with E-state index in [1.807, 2.05) is 0 Å². The highest BCUT2D eigenvalue weighted by atomic mass is 16.5. The first-order valence-corrected chi connectivity index (χ1v) is 3.90. The molecule has 0 bridgehead atoms. The van der Waals surface area contributed by atoms with Crippen molar-refractivity contribution in [2.75, 3.05) is 14.2 Å². The highest BCUT2D eigenvalue weighted by Gasteiger charge is 2.09. The molecule has 4 nitrogen and oxygen atoms in total. The first-order chi connectivity index (χ1) is 6.71. The molecule has 0 heterocycles. The van der Waals surface area contributed by atoms with Crippen LogP contribution in [0.1, 0.15) is 10.4 Å². The maximum Gasteiger partial charge on any atom is 0.338 e. The summed E-state index contributed by atoms with van der Waals surface area (Å²) >= 11 is 0. The van der Waals surface area contributed by atoms with Crippen LogP contribution in [0.2, 0.25) is 0 Å². The summed E-state index contributed by atoms with van der Waals surface area (Å²) in [6.45, 7) is 0. The molecule has 0 atom stereocenters. The molecule has 0 unspecified atom stereocenters. The van der Waals surface area contributed by atoms with E-state index in [1.165, 1.54) is 14.2 Å². The van der Waals surface area contributed by atoms with Crippen molar-refractivity contribution >= 4 is 5.97 Å². The van der Waals surface area contributed by atoms with E-state index in [2.05, 4.69) is 11.8 Å². The van der Waals surface area contributed by atoms with E-state index < -0.39 is 5.97 Å². The number of hydrogen-bond acceptors (Lipinski definition) is 4. The summed E-state index contributed by atoms with van der Waals surface area (Å²) < 4.78 is 14.3. The maximum atomic E-state index is 11.2. The molecular formula is C10H11O4. The summed E-state index contributed by atoms with van der Waals surface area (Å²) in [5, 5.41) is 0. The lowest BCUT2D eigenvalue weighted by Crippen LogP contribution is -2.01. The summed E-state index contributed by atoms with van der Waals surface area (Å²) in [5.41, 5.74) is 0.344. The molecular weight excluding hydrogens is 184 g/mol. The first-order valence-electron chi connectivity index (χ1n) is 3.90. The summed E-state index contributed by atoms with van der Waals surface area (Å²) in [6.07, 6.45) is 0. The minimum Gasteiger partial charge on any atom is -0.497 e. The summed E-state index contributed by atoms with van der Waals surface area (Å²) in [5.74, 6) is 0.539. The van der Waals surface area contributed by atoms with Gasteiger partial charge < -0.3 is 14.2 Å². The third-order valence-corrected chi connectivity index (χ3v) is 1.72. The van der Waals surface area contributed by atoms with Gasteiger partial charge in [-0.15, -0.1) is 0 Å². The Kier molecular flexibility index (Phi) is 3.34. The van der Waals surface area contributed by atoms with Gasteiger partial charge in [-0.3, -0.25) is 0 Å². The van der Waals surface area contributed by atoms with Gasteiger partial charge in [-0.05, 0) is 12.1 Å². The van der Waals surface area contributed by atoms with E-state index in [9.17, 15) is 4.79 Å². The quantitative estimate of drug-likeness (QED) is 0.688. The van der Waals surface area contributed by atoms with Crippen LogP contribution in [-0.4, -0.2) is 20.2 Å². The fourth-order valence-corrected chi connectivity index (χ4v) is 1.01. The Bertz CT molecular complexity index is 311. The third kappa shape index (κ3) is 2.16. The second-order valence-corrected chi connectivity index (χ2v) is 2.53. The first kappa shape index (κ1) is 10.4. The van der Waals surface area contributed by atoms with Gasteiger partial charge in [0.05, 0.1) is 19.8 Å². The average molecular weight is 195 g/mol. The molecule has 0 aliphatic heterocycles. The van der Waals surface area contributed by atoms with Crippen molar-refractivity contribution in [3.8, 4) is 11.5 Å². The Morgan fingerprint density at radius 3 is 2.00 bits per heavy atom. The monoisotopic (exact) mass is 195 g/mol. The van der Waals surface area contributed by atoms with Crippen molar-refractivity contribution < 1.29 is 19.0 Å². The van der Waals surface area contributed by atoms with Gasteiger partial charge in [0, 0.05) is 6.07 Å². The molecule has 1 radical (unpaired) electrons. The van der Waals surface area contributed by atoms with E-state index in [0.29, 0.717) is 17.1 Å². The van der Waals surface area contributed by atoms with Crippen molar-refractivity contribution in [1.82, 2.24) is 0 Å². The molecule has 0 N–H and O–H groups in total. The summed E-state index contributed by atoms with van der Waals surface area (Å²) in [7, 11) is 6.06. The van der Waals surface area contributed by atoms with Crippen LogP contribution in [0, 0.1) is 7.11 Å². The van der Waals surface area contributed by atoms with E-state index in [0.717, 1.165) is 0 Å². The summed E-state index contributed by atoms with van der Waals surface area (Å²) in [6, 6.07) is 4.77. The van der Waals surface area contributed by atoms with Gasteiger partial charge in [-0.25, -0.2) is 4.79 Å². The number of esters is 1. The smallest absolute Gasteiger partial charge is 0.338 e. The van der Waals surface area contributed by atoms with Gasteiger partial charge in [0.1, 0.15) is 18.6 Å². The van der Waals surface area contributed by atoms with Crippen LogP contribution in [0.4, 0.5) is 0 Å². The van der Waals surface area contributed by atoms with E-state index in [-0.39, 0.29) is 0 Å². The Morgan fingerprint density at radius 1 is 1.14 bits per heavy atom. The lowest BCUT2D eigenvalue weighted by Gasteiger charge is -2.06. The van der Waals surface area contributed by atoms with Crippen LogP contribution < -0.4 is 9.47 Å². The zero-order valence-electron chi connectivity index (χ0n) is 8.07.